The summed E-state index contributed by atoms with van der Waals surface area (Å²) in [4.78, 5) is 58.9. The fourth-order valence-electron chi connectivity index (χ4n) is 3.13. The van der Waals surface area contributed by atoms with E-state index in [1.54, 1.807) is 5.32 Å². The van der Waals surface area contributed by atoms with Gasteiger partial charge in [0.2, 0.25) is 0 Å². The molecular formula is C14H20N4O6. The van der Waals surface area contributed by atoms with Gasteiger partial charge in [-0.15, -0.1) is 0 Å². The topological polar surface area (TPSA) is 148 Å². The van der Waals surface area contributed by atoms with Crippen molar-refractivity contribution in [2.45, 2.75) is 38.1 Å². The Morgan fingerprint density at radius 3 is 2.71 bits per heavy atom. The van der Waals surface area contributed by atoms with Crippen LogP contribution in [0.1, 0.15) is 32.6 Å². The molecule has 2 atom stereocenters. The molecule has 0 bridgehead atoms. The van der Waals surface area contributed by atoms with Crippen molar-refractivity contribution in [3.63, 3.8) is 0 Å². The summed E-state index contributed by atoms with van der Waals surface area (Å²) in [7, 11) is 0. The molecule has 0 aromatic heterocycles. The molecule has 0 aromatic carbocycles. The Balaban J connectivity index is 1.94. The lowest BCUT2D eigenvalue weighted by atomic mass is 9.73. The van der Waals surface area contributed by atoms with Crippen LogP contribution in [0.15, 0.2) is 0 Å². The molecule has 0 radical (unpaired) electrons. The molecule has 2 fully saturated rings. The van der Waals surface area contributed by atoms with E-state index in [0.717, 1.165) is 24.2 Å². The number of esters is 1. The van der Waals surface area contributed by atoms with Crippen LogP contribution in [0, 0.1) is 5.92 Å². The van der Waals surface area contributed by atoms with Crippen LogP contribution in [-0.2, 0) is 19.1 Å². The molecule has 24 heavy (non-hydrogen) atoms. The van der Waals surface area contributed by atoms with E-state index in [9.17, 15) is 24.0 Å². The molecule has 1 aliphatic carbocycles. The molecule has 1 saturated carbocycles. The molecule has 1 spiro atoms. The van der Waals surface area contributed by atoms with E-state index in [4.69, 9.17) is 5.73 Å². The lowest BCUT2D eigenvalue weighted by Gasteiger charge is -2.36. The maximum absolute atomic E-state index is 12.6. The molecular weight excluding hydrogens is 320 g/mol. The van der Waals surface area contributed by atoms with Crippen LogP contribution in [0.25, 0.3) is 0 Å². The maximum atomic E-state index is 12.6. The van der Waals surface area contributed by atoms with Crippen LogP contribution in [-0.4, -0.2) is 53.4 Å². The first kappa shape index (κ1) is 17.7. The molecule has 1 saturated heterocycles. The number of nitrogens with zero attached hydrogens (tertiary/aromatic N) is 1. The summed E-state index contributed by atoms with van der Waals surface area (Å²) < 4.78 is 4.63. The Morgan fingerprint density at radius 2 is 2.08 bits per heavy atom. The van der Waals surface area contributed by atoms with Gasteiger partial charge in [0.1, 0.15) is 12.1 Å². The van der Waals surface area contributed by atoms with Crippen LogP contribution in [0.5, 0.6) is 0 Å². The monoisotopic (exact) mass is 340 g/mol. The van der Waals surface area contributed by atoms with Gasteiger partial charge in [0.25, 0.3) is 11.8 Å². The Labute approximate surface area is 138 Å². The Kier molecular flexibility index (Phi) is 5.05. The third-order valence-corrected chi connectivity index (χ3v) is 4.42. The highest BCUT2D eigenvalue weighted by Crippen LogP contribution is 2.38. The van der Waals surface area contributed by atoms with E-state index in [2.05, 4.69) is 10.1 Å². The van der Waals surface area contributed by atoms with E-state index >= 15 is 0 Å². The minimum atomic E-state index is -1.07. The summed E-state index contributed by atoms with van der Waals surface area (Å²) in [6.07, 6.45) is 3.16. The summed E-state index contributed by atoms with van der Waals surface area (Å²) in [5.74, 6) is -2.30. The van der Waals surface area contributed by atoms with Crippen molar-refractivity contribution in [1.82, 2.24) is 15.5 Å². The number of carbonyl (C=O) groups excluding carboxylic acids is 5. The zero-order valence-corrected chi connectivity index (χ0v) is 13.3. The number of nitrogens with one attached hydrogen (secondary N) is 2. The van der Waals surface area contributed by atoms with Crippen LogP contribution >= 0.6 is 0 Å². The fourth-order valence-corrected chi connectivity index (χ4v) is 3.13. The number of hydrogen-bond donors (Lipinski definition) is 3. The van der Waals surface area contributed by atoms with Crippen molar-refractivity contribution in [1.29, 1.82) is 0 Å². The molecule has 1 heterocycles. The Hall–Kier alpha value is -2.65. The first-order valence-electron chi connectivity index (χ1n) is 7.65. The molecule has 2 rings (SSSR count). The molecule has 10 heteroatoms. The average molecular weight is 340 g/mol. The smallest absolute Gasteiger partial charge is 0.326 e. The highest BCUT2D eigenvalue weighted by molar-refractivity contribution is 6.09. The number of hydrogen-bond acceptors (Lipinski definition) is 6. The first-order chi connectivity index (χ1) is 11.3. The third-order valence-electron chi connectivity index (χ3n) is 4.42. The summed E-state index contributed by atoms with van der Waals surface area (Å²) in [6.45, 7) is 0.573. The quantitative estimate of drug-likeness (QED) is 0.452. The number of imide groups is 2. The van der Waals surface area contributed by atoms with Gasteiger partial charge < -0.3 is 15.8 Å². The number of nitrogens with two attached hydrogens (primary N) is 1. The van der Waals surface area contributed by atoms with Crippen molar-refractivity contribution in [3.05, 3.63) is 0 Å². The number of rotatable bonds is 4. The van der Waals surface area contributed by atoms with Gasteiger partial charge in [-0.1, -0.05) is 19.8 Å². The van der Waals surface area contributed by atoms with Crippen molar-refractivity contribution >= 4 is 29.8 Å². The fraction of sp³-hybridized carbons (Fsp3) is 0.643. The maximum Gasteiger partial charge on any atom is 0.326 e. The zero-order valence-electron chi connectivity index (χ0n) is 13.3. The molecule has 2 unspecified atom stereocenters. The summed E-state index contributed by atoms with van der Waals surface area (Å²) in [5.41, 5.74) is 3.78. The van der Waals surface area contributed by atoms with E-state index in [0.29, 0.717) is 6.42 Å². The molecule has 1 aliphatic heterocycles. The Bertz CT molecular complexity index is 592. The highest BCUT2D eigenvalue weighted by atomic mass is 16.5. The van der Waals surface area contributed by atoms with Crippen LogP contribution < -0.4 is 16.4 Å². The largest absolute Gasteiger partial charge is 0.454 e. The van der Waals surface area contributed by atoms with Gasteiger partial charge in [-0.2, -0.15) is 0 Å². The van der Waals surface area contributed by atoms with Gasteiger partial charge >= 0.3 is 18.0 Å². The molecule has 4 N–H and O–H groups in total. The van der Waals surface area contributed by atoms with Gasteiger partial charge in [-0.25, -0.2) is 9.59 Å². The summed E-state index contributed by atoms with van der Waals surface area (Å²) in [5, 5.41) is 4.43. The zero-order chi connectivity index (χ0) is 17.9. The van der Waals surface area contributed by atoms with Crippen LogP contribution in [0.4, 0.5) is 9.59 Å². The van der Waals surface area contributed by atoms with E-state index < -0.39 is 48.5 Å². The number of carbonyl (C=O) groups is 5. The Morgan fingerprint density at radius 1 is 1.38 bits per heavy atom. The number of urea groups is 2. The third kappa shape index (κ3) is 3.47. The van der Waals surface area contributed by atoms with E-state index in [-0.39, 0.29) is 5.92 Å². The second-order valence-electron chi connectivity index (χ2n) is 6.01. The standard InChI is InChI=1S/C14H20N4O6/c1-8-4-2-3-5-14(8)11(21)18(13(23)17-14)6-10(20)24-7-9(19)16-12(15)22/h8H,2-7H2,1H3,(H,17,23)(H3,15,16,19,22). The van der Waals surface area contributed by atoms with Crippen molar-refractivity contribution < 1.29 is 28.7 Å². The average Bonchev–Trinajstić information content (AvgIpc) is 2.73. The number of primary amides is 1. The van der Waals surface area contributed by atoms with Crippen molar-refractivity contribution in [2.24, 2.45) is 11.7 Å². The van der Waals surface area contributed by atoms with Crippen molar-refractivity contribution in [3.8, 4) is 0 Å². The predicted molar refractivity (Wildman–Crippen MR) is 79.3 cm³/mol. The van der Waals surface area contributed by atoms with Gasteiger partial charge in [-0.3, -0.25) is 24.6 Å². The van der Waals surface area contributed by atoms with Gasteiger partial charge in [0, 0.05) is 0 Å². The SMILES string of the molecule is CC1CCCCC12NC(=O)N(CC(=O)OCC(=O)NC(N)=O)C2=O. The summed E-state index contributed by atoms with van der Waals surface area (Å²) in [6, 6.07) is -1.72. The molecule has 0 aromatic rings. The second kappa shape index (κ2) is 6.85. The van der Waals surface area contributed by atoms with Gasteiger partial charge in [0.15, 0.2) is 6.61 Å². The van der Waals surface area contributed by atoms with Gasteiger partial charge in [-0.05, 0) is 18.8 Å². The first-order valence-corrected chi connectivity index (χ1v) is 7.65. The van der Waals surface area contributed by atoms with Crippen LogP contribution in [0.2, 0.25) is 0 Å². The predicted octanol–water partition coefficient (Wildman–Crippen LogP) is -0.775. The molecule has 6 amide bonds. The molecule has 132 valence electrons. The minimum absolute atomic E-state index is 0.0231. The lowest BCUT2D eigenvalue weighted by molar-refractivity contribution is -0.151. The normalized spacial score (nSPS) is 26.2. The molecule has 2 aliphatic rings. The second-order valence-corrected chi connectivity index (χ2v) is 6.01. The molecule has 10 nitrogen and oxygen atoms in total. The number of amides is 6. The van der Waals surface area contributed by atoms with E-state index in [1.807, 2.05) is 6.92 Å². The van der Waals surface area contributed by atoms with Crippen LogP contribution in [0.3, 0.4) is 0 Å². The van der Waals surface area contributed by atoms with Gasteiger partial charge in [0.05, 0.1) is 0 Å². The number of ether oxygens (including phenoxy) is 1. The lowest BCUT2D eigenvalue weighted by Crippen LogP contribution is -2.54. The van der Waals surface area contributed by atoms with Crippen molar-refractivity contribution in [2.75, 3.05) is 13.2 Å². The van der Waals surface area contributed by atoms with E-state index in [1.165, 1.54) is 0 Å². The highest BCUT2D eigenvalue weighted by Gasteiger charge is 2.55. The minimum Gasteiger partial charge on any atom is -0.454 e. The summed E-state index contributed by atoms with van der Waals surface area (Å²) >= 11 is 0.